The number of hydrogen-bond acceptors (Lipinski definition) is 4. The summed E-state index contributed by atoms with van der Waals surface area (Å²) in [6.45, 7) is 12.4. The molecular weight excluding hydrogens is 330 g/mol. The van der Waals surface area contributed by atoms with Crippen LogP contribution >= 0.6 is 11.8 Å². The van der Waals surface area contributed by atoms with E-state index in [4.69, 9.17) is 4.99 Å². The third-order valence-electron chi connectivity index (χ3n) is 4.57. The third kappa shape index (κ3) is 6.42. The van der Waals surface area contributed by atoms with Crippen LogP contribution in [0.5, 0.6) is 0 Å². The molecule has 0 aliphatic carbocycles. The molecule has 0 saturated carbocycles. The molecule has 0 atom stereocenters. The van der Waals surface area contributed by atoms with E-state index >= 15 is 0 Å². The van der Waals surface area contributed by atoms with Gasteiger partial charge in [0.1, 0.15) is 5.82 Å². The summed E-state index contributed by atoms with van der Waals surface area (Å²) in [5.41, 5.74) is 1.21. The van der Waals surface area contributed by atoms with Gasteiger partial charge < -0.3 is 15.5 Å². The van der Waals surface area contributed by atoms with Crippen LogP contribution < -0.4 is 15.5 Å². The fourth-order valence-electron chi connectivity index (χ4n) is 2.75. The summed E-state index contributed by atoms with van der Waals surface area (Å²) in [7, 11) is 0. The third-order valence-corrected chi connectivity index (χ3v) is 5.80. The van der Waals surface area contributed by atoms with Crippen LogP contribution in [-0.4, -0.2) is 54.2 Å². The van der Waals surface area contributed by atoms with Crippen molar-refractivity contribution in [3.05, 3.63) is 23.9 Å². The lowest BCUT2D eigenvalue weighted by molar-refractivity contribution is 0.459. The van der Waals surface area contributed by atoms with Crippen LogP contribution in [0.4, 0.5) is 5.82 Å². The molecular formula is C19H33N5S. The topological polar surface area (TPSA) is 52.6 Å². The van der Waals surface area contributed by atoms with Gasteiger partial charge in [0.2, 0.25) is 0 Å². The van der Waals surface area contributed by atoms with Crippen molar-refractivity contribution in [2.24, 2.45) is 4.99 Å². The Hall–Kier alpha value is -1.43. The van der Waals surface area contributed by atoms with E-state index in [1.165, 1.54) is 5.56 Å². The molecule has 0 amide bonds. The number of hydrogen-bond donors (Lipinski definition) is 2. The average molecular weight is 364 g/mol. The fourth-order valence-corrected chi connectivity index (χ4v) is 2.94. The number of aliphatic imine (C=N–C) groups is 1. The largest absolute Gasteiger partial charge is 0.357 e. The summed E-state index contributed by atoms with van der Waals surface area (Å²) in [6.07, 6.45) is 6.30. The molecule has 25 heavy (non-hydrogen) atoms. The second-order valence-corrected chi connectivity index (χ2v) is 8.77. The fraction of sp³-hybridized carbons (Fsp3) is 0.684. The molecule has 0 bridgehead atoms. The van der Waals surface area contributed by atoms with Crippen molar-refractivity contribution in [2.45, 2.75) is 51.3 Å². The van der Waals surface area contributed by atoms with Crippen LogP contribution in [0.1, 0.15) is 39.2 Å². The number of thioether (sulfide) groups is 1. The molecule has 1 fully saturated rings. The maximum atomic E-state index is 4.78. The van der Waals surface area contributed by atoms with Crippen LogP contribution in [0, 0.1) is 6.92 Å². The molecule has 1 aliphatic heterocycles. The van der Waals surface area contributed by atoms with Crippen molar-refractivity contribution in [3.8, 4) is 0 Å². The molecule has 1 aliphatic rings. The van der Waals surface area contributed by atoms with Crippen LogP contribution in [0.25, 0.3) is 0 Å². The number of aryl methyl sites for hydroxylation is 1. The summed E-state index contributed by atoms with van der Waals surface area (Å²) in [5.74, 6) is 2.03. The zero-order valence-corrected chi connectivity index (χ0v) is 17.1. The summed E-state index contributed by atoms with van der Waals surface area (Å²) < 4.78 is 0.169. The molecule has 0 unspecified atom stereocenters. The molecule has 5 nitrogen and oxygen atoms in total. The quantitative estimate of drug-likeness (QED) is 0.601. The standard InChI is InChI=1S/C19H33N5S/c1-6-20-18(22-14-19(3,4)25-5)23-16-9-11-24(12-10-16)17-8-7-15(2)13-21-17/h7-8,13,16H,6,9-12,14H2,1-5H3,(H2,20,22,23). The van der Waals surface area contributed by atoms with Crippen molar-refractivity contribution in [3.63, 3.8) is 0 Å². The zero-order valence-electron chi connectivity index (χ0n) is 16.3. The highest BCUT2D eigenvalue weighted by molar-refractivity contribution is 7.99. The van der Waals surface area contributed by atoms with Gasteiger partial charge in [-0.1, -0.05) is 6.07 Å². The van der Waals surface area contributed by atoms with E-state index in [1.54, 1.807) is 0 Å². The van der Waals surface area contributed by atoms with Crippen molar-refractivity contribution in [1.29, 1.82) is 0 Å². The smallest absolute Gasteiger partial charge is 0.191 e. The Bertz CT molecular complexity index is 547. The molecule has 1 aromatic heterocycles. The Morgan fingerprint density at radius 1 is 1.36 bits per heavy atom. The first-order chi connectivity index (χ1) is 11.9. The monoisotopic (exact) mass is 363 g/mol. The molecule has 6 heteroatoms. The molecule has 1 saturated heterocycles. The summed E-state index contributed by atoms with van der Waals surface area (Å²) in [6, 6.07) is 4.73. The van der Waals surface area contributed by atoms with E-state index in [9.17, 15) is 0 Å². The number of rotatable bonds is 6. The van der Waals surface area contributed by atoms with Gasteiger partial charge in [0.25, 0.3) is 0 Å². The van der Waals surface area contributed by atoms with Crippen molar-refractivity contribution in [2.75, 3.05) is 37.3 Å². The Kier molecular flexibility index (Phi) is 7.41. The Balaban J connectivity index is 1.87. The van der Waals surface area contributed by atoms with Gasteiger partial charge in [0.15, 0.2) is 5.96 Å². The summed E-state index contributed by atoms with van der Waals surface area (Å²) in [5, 5.41) is 7.00. The summed E-state index contributed by atoms with van der Waals surface area (Å²) >= 11 is 1.86. The van der Waals surface area contributed by atoms with Gasteiger partial charge in [-0.2, -0.15) is 11.8 Å². The minimum absolute atomic E-state index is 0.169. The lowest BCUT2D eigenvalue weighted by Gasteiger charge is -2.34. The van der Waals surface area contributed by atoms with E-state index in [1.807, 2.05) is 18.0 Å². The first kappa shape index (κ1) is 19.9. The molecule has 2 rings (SSSR count). The average Bonchev–Trinajstić information content (AvgIpc) is 2.61. The molecule has 0 aromatic carbocycles. The van der Waals surface area contributed by atoms with Gasteiger partial charge >= 0.3 is 0 Å². The lowest BCUT2D eigenvalue weighted by atomic mass is 10.1. The van der Waals surface area contributed by atoms with Crippen molar-refractivity contribution in [1.82, 2.24) is 15.6 Å². The van der Waals surface area contributed by atoms with E-state index in [-0.39, 0.29) is 4.75 Å². The van der Waals surface area contributed by atoms with Crippen LogP contribution in [0.2, 0.25) is 0 Å². The number of nitrogens with one attached hydrogen (secondary N) is 2. The van der Waals surface area contributed by atoms with Gasteiger partial charge in [-0.25, -0.2) is 4.98 Å². The predicted molar refractivity (Wildman–Crippen MR) is 111 cm³/mol. The minimum atomic E-state index is 0.169. The SMILES string of the molecule is CCNC(=NCC(C)(C)SC)NC1CCN(c2ccc(C)cn2)CC1. The zero-order chi connectivity index (χ0) is 18.3. The maximum Gasteiger partial charge on any atom is 0.191 e. The van der Waals surface area contributed by atoms with E-state index in [2.05, 4.69) is 66.6 Å². The highest BCUT2D eigenvalue weighted by Crippen LogP contribution is 2.21. The number of guanidine groups is 1. The van der Waals surface area contributed by atoms with E-state index < -0.39 is 0 Å². The normalized spacial score (nSPS) is 16.8. The molecule has 0 radical (unpaired) electrons. The number of pyridine rings is 1. The van der Waals surface area contributed by atoms with Crippen LogP contribution in [0.15, 0.2) is 23.3 Å². The lowest BCUT2D eigenvalue weighted by Crippen LogP contribution is -2.49. The predicted octanol–water partition coefficient (Wildman–Crippen LogP) is 3.06. The highest BCUT2D eigenvalue weighted by Gasteiger charge is 2.21. The van der Waals surface area contributed by atoms with Gasteiger partial charge in [-0.3, -0.25) is 4.99 Å². The second-order valence-electron chi connectivity index (χ2n) is 7.26. The Morgan fingerprint density at radius 2 is 2.08 bits per heavy atom. The van der Waals surface area contributed by atoms with E-state index in [0.717, 1.165) is 50.8 Å². The van der Waals surface area contributed by atoms with Crippen LogP contribution in [-0.2, 0) is 0 Å². The Morgan fingerprint density at radius 3 is 2.64 bits per heavy atom. The minimum Gasteiger partial charge on any atom is -0.357 e. The molecule has 2 N–H and O–H groups in total. The first-order valence-electron chi connectivity index (χ1n) is 9.21. The Labute approximate surface area is 157 Å². The van der Waals surface area contributed by atoms with Gasteiger partial charge in [0, 0.05) is 36.6 Å². The summed E-state index contributed by atoms with van der Waals surface area (Å²) in [4.78, 5) is 11.7. The number of aromatic nitrogens is 1. The van der Waals surface area contributed by atoms with Gasteiger partial charge in [-0.05, 0) is 58.4 Å². The van der Waals surface area contributed by atoms with Gasteiger partial charge in [0.05, 0.1) is 6.54 Å². The molecule has 1 aromatic rings. The number of anilines is 1. The van der Waals surface area contributed by atoms with E-state index in [0.29, 0.717) is 6.04 Å². The van der Waals surface area contributed by atoms with Crippen LogP contribution in [0.3, 0.4) is 0 Å². The maximum absolute atomic E-state index is 4.78. The number of nitrogens with zero attached hydrogens (tertiary/aromatic N) is 3. The second kappa shape index (κ2) is 9.32. The molecule has 0 spiro atoms. The molecule has 140 valence electrons. The first-order valence-corrected chi connectivity index (χ1v) is 10.4. The molecule has 2 heterocycles. The van der Waals surface area contributed by atoms with Gasteiger partial charge in [-0.15, -0.1) is 0 Å². The highest BCUT2D eigenvalue weighted by atomic mass is 32.2. The van der Waals surface area contributed by atoms with Crippen molar-refractivity contribution >= 4 is 23.5 Å². The van der Waals surface area contributed by atoms with Crippen molar-refractivity contribution < 1.29 is 0 Å². The number of piperidine rings is 1.